The van der Waals surface area contributed by atoms with Crippen LogP contribution in [0.2, 0.25) is 0 Å². The van der Waals surface area contributed by atoms with Crippen LogP contribution >= 0.6 is 0 Å². The summed E-state index contributed by atoms with van der Waals surface area (Å²) < 4.78 is 5.39. The number of hydrogen-bond donors (Lipinski definition) is 0. The topological polar surface area (TPSA) is 59.5 Å². The highest BCUT2D eigenvalue weighted by Crippen LogP contribution is 2.22. The zero-order valence-corrected chi connectivity index (χ0v) is 13.5. The van der Waals surface area contributed by atoms with E-state index in [1.807, 2.05) is 19.9 Å². The lowest BCUT2D eigenvalue weighted by atomic mass is 10.1. The zero-order valence-electron chi connectivity index (χ0n) is 13.5. The molecule has 120 valence electrons. The van der Waals surface area contributed by atoms with Crippen molar-refractivity contribution in [1.82, 2.24) is 9.88 Å². The minimum absolute atomic E-state index is 0.374. The van der Waals surface area contributed by atoms with E-state index in [1.54, 1.807) is 42.3 Å². The van der Waals surface area contributed by atoms with Gasteiger partial charge in [-0.3, -0.25) is 9.78 Å². The normalized spacial score (nSPS) is 10.4. The number of carbonyl (C=O) groups is 2. The molecule has 0 aliphatic carbocycles. The van der Waals surface area contributed by atoms with E-state index >= 15 is 0 Å². The molecule has 0 aliphatic heterocycles. The van der Waals surface area contributed by atoms with Crippen molar-refractivity contribution in [1.29, 1.82) is 0 Å². The van der Waals surface area contributed by atoms with Crippen LogP contribution in [0.4, 0.5) is 4.79 Å². The van der Waals surface area contributed by atoms with Crippen LogP contribution in [-0.4, -0.2) is 35.9 Å². The van der Waals surface area contributed by atoms with Gasteiger partial charge in [-0.2, -0.15) is 0 Å². The average Bonchev–Trinajstić information content (AvgIpc) is 2.54. The van der Waals surface area contributed by atoms with E-state index in [2.05, 4.69) is 4.98 Å². The van der Waals surface area contributed by atoms with Gasteiger partial charge in [-0.25, -0.2) is 4.79 Å². The van der Waals surface area contributed by atoms with Gasteiger partial charge >= 0.3 is 6.09 Å². The van der Waals surface area contributed by atoms with E-state index < -0.39 is 0 Å². The Bertz CT molecular complexity index is 681. The van der Waals surface area contributed by atoms with Crippen LogP contribution in [0.1, 0.15) is 24.2 Å². The Labute approximate surface area is 135 Å². The first-order valence-corrected chi connectivity index (χ1v) is 7.44. The molecule has 0 saturated carbocycles. The quantitative estimate of drug-likeness (QED) is 0.791. The first-order chi connectivity index (χ1) is 11.0. The number of aromatic nitrogens is 1. The molecule has 0 bridgehead atoms. The fraction of sp³-hybridized carbons (Fsp3) is 0.278. The summed E-state index contributed by atoms with van der Waals surface area (Å²) in [7, 11) is 1.71. The number of rotatable bonds is 5. The second kappa shape index (κ2) is 7.54. The van der Waals surface area contributed by atoms with Crippen molar-refractivity contribution < 1.29 is 14.3 Å². The van der Waals surface area contributed by atoms with E-state index in [-0.39, 0.29) is 6.09 Å². The van der Waals surface area contributed by atoms with Gasteiger partial charge in [0, 0.05) is 30.9 Å². The van der Waals surface area contributed by atoms with Crippen molar-refractivity contribution in [2.45, 2.75) is 13.8 Å². The first-order valence-electron chi connectivity index (χ1n) is 7.44. The largest absolute Gasteiger partial charge is 0.414 e. The van der Waals surface area contributed by atoms with Crippen molar-refractivity contribution in [3.05, 3.63) is 48.2 Å². The number of hydrogen-bond acceptors (Lipinski definition) is 4. The highest BCUT2D eigenvalue weighted by Gasteiger charge is 2.13. The fourth-order valence-corrected chi connectivity index (χ4v) is 2.17. The lowest BCUT2D eigenvalue weighted by molar-refractivity contribution is 0.112. The Morgan fingerprint density at radius 1 is 1.30 bits per heavy atom. The van der Waals surface area contributed by atoms with Gasteiger partial charge in [-0.15, -0.1) is 0 Å². The van der Waals surface area contributed by atoms with Crippen LogP contribution in [0.25, 0.3) is 11.3 Å². The van der Waals surface area contributed by atoms with Crippen molar-refractivity contribution in [2.75, 3.05) is 13.6 Å². The lowest BCUT2D eigenvalue weighted by Crippen LogP contribution is -2.32. The molecular formula is C18H20N2O3. The fourth-order valence-electron chi connectivity index (χ4n) is 2.17. The molecule has 0 aliphatic rings. The van der Waals surface area contributed by atoms with E-state index in [0.717, 1.165) is 11.8 Å². The van der Waals surface area contributed by atoms with E-state index in [1.165, 1.54) is 6.20 Å². The summed E-state index contributed by atoms with van der Waals surface area (Å²) >= 11 is 0. The first kappa shape index (κ1) is 16.7. The average molecular weight is 312 g/mol. The van der Waals surface area contributed by atoms with E-state index in [9.17, 15) is 9.59 Å². The van der Waals surface area contributed by atoms with Gasteiger partial charge in [0.05, 0.1) is 5.69 Å². The van der Waals surface area contributed by atoms with Gasteiger partial charge in [0.25, 0.3) is 0 Å². The maximum absolute atomic E-state index is 12.0. The number of carbonyl (C=O) groups excluding carboxylic acids is 2. The molecule has 1 aromatic heterocycles. The summed E-state index contributed by atoms with van der Waals surface area (Å²) in [6.45, 7) is 4.71. The predicted octanol–water partition coefficient (Wildman–Crippen LogP) is 3.65. The molecule has 0 N–H and O–H groups in total. The summed E-state index contributed by atoms with van der Waals surface area (Å²) in [4.78, 5) is 28.5. The monoisotopic (exact) mass is 312 g/mol. The van der Waals surface area contributed by atoms with Gasteiger partial charge in [0.1, 0.15) is 5.75 Å². The second-order valence-corrected chi connectivity index (χ2v) is 5.76. The predicted molar refractivity (Wildman–Crippen MR) is 88.6 cm³/mol. The third-order valence-corrected chi connectivity index (χ3v) is 3.21. The third-order valence-electron chi connectivity index (χ3n) is 3.21. The molecule has 0 fully saturated rings. The third kappa shape index (κ3) is 4.64. The molecule has 2 rings (SSSR count). The summed E-state index contributed by atoms with van der Waals surface area (Å²) in [6, 6.07) is 10.6. The van der Waals surface area contributed by atoms with Gasteiger partial charge in [0.15, 0.2) is 6.29 Å². The Balaban J connectivity index is 2.13. The van der Waals surface area contributed by atoms with Crippen LogP contribution in [0.5, 0.6) is 5.75 Å². The number of amides is 1. The summed E-state index contributed by atoms with van der Waals surface area (Å²) in [5, 5.41) is 0. The molecule has 0 spiro atoms. The Morgan fingerprint density at radius 2 is 2.09 bits per heavy atom. The molecule has 0 saturated heterocycles. The number of ether oxygens (including phenoxy) is 1. The molecule has 23 heavy (non-hydrogen) atoms. The lowest BCUT2D eigenvalue weighted by Gasteiger charge is -2.18. The molecule has 1 heterocycles. The summed E-state index contributed by atoms with van der Waals surface area (Å²) in [5.41, 5.74) is 2.05. The zero-order chi connectivity index (χ0) is 16.8. The maximum atomic E-state index is 12.0. The molecule has 5 heteroatoms. The number of nitrogens with zero attached hydrogens (tertiary/aromatic N) is 2. The minimum atomic E-state index is -0.389. The van der Waals surface area contributed by atoms with Gasteiger partial charge in [-0.1, -0.05) is 26.0 Å². The molecule has 0 unspecified atom stereocenters. The van der Waals surface area contributed by atoms with Crippen molar-refractivity contribution in [3.63, 3.8) is 0 Å². The SMILES string of the molecule is CC(C)CN(C)C(=O)Oc1cccc(-c2ccc(C=O)cn2)c1. The smallest absolute Gasteiger partial charge is 0.410 e. The number of aldehydes is 1. The Kier molecular flexibility index (Phi) is 5.46. The highest BCUT2D eigenvalue weighted by molar-refractivity contribution is 5.75. The molecular weight excluding hydrogens is 292 g/mol. The number of benzene rings is 1. The second-order valence-electron chi connectivity index (χ2n) is 5.76. The molecule has 0 atom stereocenters. The standard InChI is InChI=1S/C18H20N2O3/c1-13(2)11-20(3)18(22)23-16-6-4-5-15(9-16)17-8-7-14(12-21)10-19-17/h4-10,12-13H,11H2,1-3H3. The van der Waals surface area contributed by atoms with Crippen LogP contribution in [0.3, 0.4) is 0 Å². The van der Waals surface area contributed by atoms with E-state index in [0.29, 0.717) is 29.5 Å². The van der Waals surface area contributed by atoms with Crippen molar-refractivity contribution in [2.24, 2.45) is 5.92 Å². The molecule has 1 aromatic carbocycles. The summed E-state index contributed by atoms with van der Waals surface area (Å²) in [6.07, 6.45) is 1.87. The van der Waals surface area contributed by atoms with Crippen molar-refractivity contribution in [3.8, 4) is 17.0 Å². The van der Waals surface area contributed by atoms with E-state index in [4.69, 9.17) is 4.74 Å². The van der Waals surface area contributed by atoms with Crippen LogP contribution in [-0.2, 0) is 0 Å². The van der Waals surface area contributed by atoms with Gasteiger partial charge in [0.2, 0.25) is 0 Å². The molecule has 2 aromatic rings. The Hall–Kier alpha value is -2.69. The summed E-state index contributed by atoms with van der Waals surface area (Å²) in [5.74, 6) is 0.837. The van der Waals surface area contributed by atoms with Crippen LogP contribution in [0, 0.1) is 5.92 Å². The molecule has 0 radical (unpaired) electrons. The van der Waals surface area contributed by atoms with Gasteiger partial charge < -0.3 is 9.64 Å². The van der Waals surface area contributed by atoms with Crippen molar-refractivity contribution >= 4 is 12.4 Å². The Morgan fingerprint density at radius 3 is 2.70 bits per heavy atom. The highest BCUT2D eigenvalue weighted by atomic mass is 16.6. The number of pyridine rings is 1. The van der Waals surface area contributed by atoms with Crippen LogP contribution in [0.15, 0.2) is 42.6 Å². The minimum Gasteiger partial charge on any atom is -0.410 e. The molecule has 1 amide bonds. The maximum Gasteiger partial charge on any atom is 0.414 e. The van der Waals surface area contributed by atoms with Gasteiger partial charge in [-0.05, 0) is 30.2 Å². The van der Waals surface area contributed by atoms with Crippen LogP contribution < -0.4 is 4.74 Å². The molecule has 5 nitrogen and oxygen atoms in total.